The molecule has 0 aliphatic heterocycles. The number of hydrogen-bond acceptors (Lipinski definition) is 6. The second-order valence-electron chi connectivity index (χ2n) is 6.50. The normalized spacial score (nSPS) is 12.2. The van der Waals surface area contributed by atoms with Gasteiger partial charge in [0.05, 0.1) is 16.4 Å². The topological polar surface area (TPSA) is 111 Å². The highest BCUT2D eigenvalue weighted by Crippen LogP contribution is 2.17. The quantitative estimate of drug-likeness (QED) is 0.502. The molecule has 0 aliphatic rings. The van der Waals surface area contributed by atoms with E-state index in [9.17, 15) is 14.4 Å². The molecule has 9 heteroatoms. The van der Waals surface area contributed by atoms with E-state index in [2.05, 4.69) is 15.8 Å². The summed E-state index contributed by atoms with van der Waals surface area (Å²) in [6.45, 7) is 3.77. The molecule has 0 radical (unpaired) electrons. The van der Waals surface area contributed by atoms with Crippen LogP contribution in [-0.4, -0.2) is 20.0 Å². The first kappa shape index (κ1) is 18.5. The summed E-state index contributed by atoms with van der Waals surface area (Å²) in [4.78, 5) is 41.9. The minimum atomic E-state index is -0.846. The molecule has 1 amide bonds. The van der Waals surface area contributed by atoms with Crippen molar-refractivity contribution in [2.45, 2.75) is 26.4 Å². The van der Waals surface area contributed by atoms with E-state index in [1.165, 1.54) is 9.13 Å². The van der Waals surface area contributed by atoms with Crippen molar-refractivity contribution in [2.75, 3.05) is 5.43 Å². The molecule has 2 aromatic heterocycles. The maximum Gasteiger partial charge on any atom is 0.420 e. The van der Waals surface area contributed by atoms with Crippen molar-refractivity contribution in [3.05, 3.63) is 69.4 Å². The first-order valence-corrected chi connectivity index (χ1v) is 9.16. The summed E-state index contributed by atoms with van der Waals surface area (Å²) in [6, 6.07) is 13.0. The Labute approximate surface area is 164 Å². The molecule has 2 aromatic carbocycles. The summed E-state index contributed by atoms with van der Waals surface area (Å²) in [5.41, 5.74) is 6.48. The highest BCUT2D eigenvalue weighted by atomic mass is 16.4. The van der Waals surface area contributed by atoms with Crippen molar-refractivity contribution in [3.8, 4) is 0 Å². The van der Waals surface area contributed by atoms with Crippen molar-refractivity contribution in [3.63, 3.8) is 0 Å². The van der Waals surface area contributed by atoms with Crippen LogP contribution < -0.4 is 22.2 Å². The molecule has 2 N–H and O–H groups in total. The first-order chi connectivity index (χ1) is 14.0. The highest BCUT2D eigenvalue weighted by molar-refractivity contribution is 5.84. The number of fused-ring (bicyclic) bond motifs is 2. The molecule has 1 unspecified atom stereocenters. The Morgan fingerprint density at radius 2 is 1.86 bits per heavy atom. The van der Waals surface area contributed by atoms with Crippen molar-refractivity contribution < 1.29 is 9.21 Å². The Kier molecular flexibility index (Phi) is 4.63. The maximum absolute atomic E-state index is 12.7. The van der Waals surface area contributed by atoms with Crippen molar-refractivity contribution in [1.29, 1.82) is 0 Å². The Bertz CT molecular complexity index is 1330. The smallest absolute Gasteiger partial charge is 0.408 e. The van der Waals surface area contributed by atoms with Crippen LogP contribution in [0.3, 0.4) is 0 Å². The average molecular weight is 393 g/mol. The number of nitrogens with one attached hydrogen (secondary N) is 2. The van der Waals surface area contributed by atoms with E-state index in [1.807, 2.05) is 6.92 Å². The van der Waals surface area contributed by atoms with Gasteiger partial charge in [-0.2, -0.15) is 0 Å². The molecule has 0 bridgehead atoms. The van der Waals surface area contributed by atoms with Gasteiger partial charge in [0, 0.05) is 6.54 Å². The van der Waals surface area contributed by atoms with E-state index in [-0.39, 0.29) is 11.5 Å². The third-order valence-electron chi connectivity index (χ3n) is 4.76. The van der Waals surface area contributed by atoms with Gasteiger partial charge in [-0.25, -0.2) is 9.78 Å². The molecule has 0 aliphatic carbocycles. The van der Waals surface area contributed by atoms with Gasteiger partial charge in [0.25, 0.3) is 11.5 Å². The summed E-state index contributed by atoms with van der Waals surface area (Å²) < 4.78 is 7.88. The largest absolute Gasteiger partial charge is 0.420 e. The van der Waals surface area contributed by atoms with Gasteiger partial charge in [-0.1, -0.05) is 24.3 Å². The molecular weight excluding hydrogens is 374 g/mol. The number of aromatic nitrogens is 3. The van der Waals surface area contributed by atoms with Gasteiger partial charge in [-0.3, -0.25) is 29.6 Å². The third kappa shape index (κ3) is 3.16. The lowest BCUT2D eigenvalue weighted by atomic mass is 10.2. The van der Waals surface area contributed by atoms with Gasteiger partial charge in [0.2, 0.25) is 5.95 Å². The highest BCUT2D eigenvalue weighted by Gasteiger charge is 2.21. The van der Waals surface area contributed by atoms with Gasteiger partial charge in [0.15, 0.2) is 5.58 Å². The third-order valence-corrected chi connectivity index (χ3v) is 4.76. The second kappa shape index (κ2) is 7.27. The molecule has 4 aromatic rings. The van der Waals surface area contributed by atoms with E-state index in [0.717, 1.165) is 0 Å². The van der Waals surface area contributed by atoms with Gasteiger partial charge in [0.1, 0.15) is 6.04 Å². The Morgan fingerprint density at radius 1 is 1.14 bits per heavy atom. The predicted molar refractivity (Wildman–Crippen MR) is 109 cm³/mol. The number of para-hydroxylation sites is 3. The number of hydrogen-bond donors (Lipinski definition) is 2. The SMILES string of the molecule is CCn1c(NNC(=O)C(C)n2c(=O)oc3ccccc32)nc2ccccc2c1=O. The van der Waals surface area contributed by atoms with Crippen LogP contribution in [0.1, 0.15) is 19.9 Å². The summed E-state index contributed by atoms with van der Waals surface area (Å²) in [7, 11) is 0. The molecule has 0 spiro atoms. The molecule has 4 rings (SSSR count). The molecule has 148 valence electrons. The Morgan fingerprint density at radius 3 is 2.66 bits per heavy atom. The van der Waals surface area contributed by atoms with Crippen LogP contribution >= 0.6 is 0 Å². The fraction of sp³-hybridized carbons (Fsp3) is 0.200. The number of benzene rings is 2. The van der Waals surface area contributed by atoms with Crippen LogP contribution in [0, 0.1) is 0 Å². The number of oxazole rings is 1. The van der Waals surface area contributed by atoms with Crippen LogP contribution in [0.4, 0.5) is 5.95 Å². The fourth-order valence-corrected chi connectivity index (χ4v) is 3.25. The number of amides is 1. The van der Waals surface area contributed by atoms with E-state index < -0.39 is 17.7 Å². The van der Waals surface area contributed by atoms with Crippen LogP contribution in [0.5, 0.6) is 0 Å². The molecular formula is C20H19N5O4. The summed E-state index contributed by atoms with van der Waals surface area (Å²) in [6.07, 6.45) is 0. The minimum absolute atomic E-state index is 0.208. The van der Waals surface area contributed by atoms with Crippen LogP contribution in [-0.2, 0) is 11.3 Å². The minimum Gasteiger partial charge on any atom is -0.408 e. The standard InChI is InChI=1S/C20H19N5O4/c1-3-24-18(27)13-8-4-5-9-14(13)21-19(24)23-22-17(26)12(2)25-15-10-6-7-11-16(15)29-20(25)28/h4-12H,3H2,1-2H3,(H,21,23)(H,22,26). The average Bonchev–Trinajstić information content (AvgIpc) is 3.07. The number of carbonyl (C=O) groups is 1. The molecule has 0 saturated carbocycles. The van der Waals surface area contributed by atoms with Crippen LogP contribution in [0.25, 0.3) is 22.0 Å². The lowest BCUT2D eigenvalue weighted by Gasteiger charge is -2.16. The molecule has 0 fully saturated rings. The van der Waals surface area contributed by atoms with Gasteiger partial charge in [-0.05, 0) is 38.1 Å². The molecule has 2 heterocycles. The Hall–Kier alpha value is -3.88. The number of carbonyl (C=O) groups excluding carboxylic acids is 1. The van der Waals surface area contributed by atoms with Gasteiger partial charge >= 0.3 is 5.76 Å². The summed E-state index contributed by atoms with van der Waals surface area (Å²) in [5, 5.41) is 0.496. The van der Waals surface area contributed by atoms with Crippen molar-refractivity contribution >= 4 is 33.9 Å². The number of nitrogens with zero attached hydrogens (tertiary/aromatic N) is 3. The molecule has 9 nitrogen and oxygen atoms in total. The Balaban J connectivity index is 1.62. The first-order valence-electron chi connectivity index (χ1n) is 9.16. The van der Waals surface area contributed by atoms with E-state index in [4.69, 9.17) is 4.42 Å². The lowest BCUT2D eigenvalue weighted by Crippen LogP contribution is -2.39. The van der Waals surface area contributed by atoms with E-state index >= 15 is 0 Å². The van der Waals surface area contributed by atoms with Gasteiger partial charge in [-0.15, -0.1) is 0 Å². The van der Waals surface area contributed by atoms with Crippen molar-refractivity contribution in [2.24, 2.45) is 0 Å². The lowest BCUT2D eigenvalue weighted by molar-refractivity contribution is -0.123. The monoisotopic (exact) mass is 393 g/mol. The summed E-state index contributed by atoms with van der Waals surface area (Å²) >= 11 is 0. The number of hydrazine groups is 1. The second-order valence-corrected chi connectivity index (χ2v) is 6.50. The van der Waals surface area contributed by atoms with Crippen molar-refractivity contribution in [1.82, 2.24) is 19.5 Å². The maximum atomic E-state index is 12.7. The van der Waals surface area contributed by atoms with E-state index in [0.29, 0.717) is 28.5 Å². The van der Waals surface area contributed by atoms with Gasteiger partial charge < -0.3 is 4.42 Å². The zero-order valence-corrected chi connectivity index (χ0v) is 15.9. The molecule has 0 saturated heterocycles. The molecule has 1 atom stereocenters. The summed E-state index contributed by atoms with van der Waals surface area (Å²) in [5.74, 6) is -0.895. The zero-order chi connectivity index (χ0) is 20.5. The van der Waals surface area contributed by atoms with Crippen LogP contribution in [0.2, 0.25) is 0 Å². The molecule has 29 heavy (non-hydrogen) atoms. The predicted octanol–water partition coefficient (Wildman–Crippen LogP) is 2.03. The van der Waals surface area contributed by atoms with E-state index in [1.54, 1.807) is 55.5 Å². The number of anilines is 1. The fourth-order valence-electron chi connectivity index (χ4n) is 3.25. The van der Waals surface area contributed by atoms with Crippen LogP contribution in [0.15, 0.2) is 62.5 Å². The zero-order valence-electron chi connectivity index (χ0n) is 15.9. The number of rotatable bonds is 5.